The standard InChI is InChI=1S/C29H44O5/c1-16-14-29(32-15-16)26(31)17(2)25-24(34-29)13-23-21-7-6-19-12-20(33-18(3)30)8-10-27(19,4)22(21)9-11-28(23,25)5/h6,16-17,20-26,31H,7-15H2,1-5H3/t16-,17+,20+,21-,22+,23+,24+,25+,26+,27+,28+,29-/m1/s1. The van der Waals surface area contributed by atoms with E-state index in [1.807, 2.05) is 0 Å². The molecule has 2 aliphatic heterocycles. The van der Waals surface area contributed by atoms with Crippen LogP contribution in [0.3, 0.4) is 0 Å². The van der Waals surface area contributed by atoms with E-state index in [0.29, 0.717) is 36.2 Å². The van der Waals surface area contributed by atoms with E-state index in [1.54, 1.807) is 0 Å². The van der Waals surface area contributed by atoms with Crippen molar-refractivity contribution in [3.05, 3.63) is 11.6 Å². The minimum absolute atomic E-state index is 0.0531. The molecule has 0 amide bonds. The van der Waals surface area contributed by atoms with Gasteiger partial charge >= 0.3 is 5.97 Å². The topological polar surface area (TPSA) is 65.0 Å². The van der Waals surface area contributed by atoms with Gasteiger partial charge in [0.2, 0.25) is 0 Å². The number of carbonyl (C=O) groups excluding carboxylic acids is 1. The zero-order valence-corrected chi connectivity index (χ0v) is 21.7. The summed E-state index contributed by atoms with van der Waals surface area (Å²) in [5.74, 6) is 2.09. The number of rotatable bonds is 1. The molecule has 12 atom stereocenters. The number of hydrogen-bond donors (Lipinski definition) is 1. The maximum Gasteiger partial charge on any atom is 0.302 e. The van der Waals surface area contributed by atoms with Gasteiger partial charge in [0.15, 0.2) is 5.79 Å². The van der Waals surface area contributed by atoms with Crippen LogP contribution in [0.1, 0.15) is 86.0 Å². The molecule has 34 heavy (non-hydrogen) atoms. The Morgan fingerprint density at radius 1 is 1.18 bits per heavy atom. The highest BCUT2D eigenvalue weighted by molar-refractivity contribution is 5.66. The number of hydrogen-bond acceptors (Lipinski definition) is 5. The molecular weight excluding hydrogens is 428 g/mol. The first kappa shape index (κ1) is 23.5. The van der Waals surface area contributed by atoms with E-state index >= 15 is 0 Å². The van der Waals surface area contributed by atoms with Gasteiger partial charge in [0.05, 0.1) is 12.7 Å². The van der Waals surface area contributed by atoms with Crippen molar-refractivity contribution in [2.45, 2.75) is 110 Å². The predicted molar refractivity (Wildman–Crippen MR) is 129 cm³/mol. The van der Waals surface area contributed by atoms with E-state index in [9.17, 15) is 9.90 Å². The molecule has 0 radical (unpaired) electrons. The van der Waals surface area contributed by atoms with Gasteiger partial charge in [0, 0.05) is 19.8 Å². The zero-order chi connectivity index (χ0) is 24.0. The van der Waals surface area contributed by atoms with Gasteiger partial charge in [-0.25, -0.2) is 0 Å². The lowest BCUT2D eigenvalue weighted by atomic mass is 9.46. The Morgan fingerprint density at radius 2 is 1.97 bits per heavy atom. The Labute approximate surface area is 205 Å². The molecule has 0 aromatic heterocycles. The second-order valence-electron chi connectivity index (χ2n) is 13.4. The van der Waals surface area contributed by atoms with Crippen molar-refractivity contribution in [2.75, 3.05) is 6.61 Å². The van der Waals surface area contributed by atoms with Crippen molar-refractivity contribution < 1.29 is 24.1 Å². The van der Waals surface area contributed by atoms with Crippen LogP contribution in [-0.2, 0) is 19.0 Å². The molecule has 6 aliphatic rings. The van der Waals surface area contributed by atoms with Crippen LogP contribution in [0, 0.1) is 46.3 Å². The number of ether oxygens (including phenoxy) is 3. The first-order chi connectivity index (χ1) is 16.1. The molecule has 1 spiro atoms. The van der Waals surface area contributed by atoms with Crippen LogP contribution in [0.5, 0.6) is 0 Å². The summed E-state index contributed by atoms with van der Waals surface area (Å²) < 4.78 is 18.6. The Hall–Kier alpha value is -0.910. The average Bonchev–Trinajstić information content (AvgIpc) is 3.29. The number of aliphatic hydroxyl groups is 1. The van der Waals surface area contributed by atoms with Crippen LogP contribution in [0.4, 0.5) is 0 Å². The zero-order valence-electron chi connectivity index (χ0n) is 21.7. The van der Waals surface area contributed by atoms with Gasteiger partial charge in [0.25, 0.3) is 0 Å². The highest BCUT2D eigenvalue weighted by atomic mass is 16.7. The molecule has 0 aromatic carbocycles. The maximum atomic E-state index is 11.5. The Balaban J connectivity index is 1.27. The molecular formula is C29H44O5. The molecule has 1 N–H and O–H groups in total. The van der Waals surface area contributed by atoms with E-state index < -0.39 is 11.9 Å². The lowest BCUT2D eigenvalue weighted by Gasteiger charge is -2.59. The monoisotopic (exact) mass is 472 g/mol. The van der Waals surface area contributed by atoms with E-state index in [4.69, 9.17) is 14.2 Å². The Kier molecular flexibility index (Phi) is 5.38. The molecule has 190 valence electrons. The number of fused-ring (bicyclic) bond motifs is 7. The van der Waals surface area contributed by atoms with E-state index in [-0.39, 0.29) is 34.9 Å². The lowest BCUT2D eigenvalue weighted by Crippen LogP contribution is -2.60. The quantitative estimate of drug-likeness (QED) is 0.417. The molecule has 5 heteroatoms. The first-order valence-electron chi connectivity index (χ1n) is 13.9. The van der Waals surface area contributed by atoms with Gasteiger partial charge in [0.1, 0.15) is 12.2 Å². The summed E-state index contributed by atoms with van der Waals surface area (Å²) in [5, 5.41) is 11.4. The van der Waals surface area contributed by atoms with Crippen molar-refractivity contribution in [3.8, 4) is 0 Å². The first-order valence-corrected chi connectivity index (χ1v) is 13.9. The fraction of sp³-hybridized carbons (Fsp3) is 0.897. The fourth-order valence-electron chi connectivity index (χ4n) is 10.1. The van der Waals surface area contributed by atoms with Crippen LogP contribution in [0.2, 0.25) is 0 Å². The van der Waals surface area contributed by atoms with Crippen LogP contribution < -0.4 is 0 Å². The van der Waals surface area contributed by atoms with Gasteiger partial charge in [-0.15, -0.1) is 0 Å². The summed E-state index contributed by atoms with van der Waals surface area (Å²) in [6, 6.07) is 0. The van der Waals surface area contributed by atoms with Crippen LogP contribution in [-0.4, -0.2) is 41.8 Å². The number of carbonyl (C=O) groups is 1. The van der Waals surface area contributed by atoms with Crippen molar-refractivity contribution in [1.29, 1.82) is 0 Å². The second kappa shape index (κ2) is 7.79. The molecule has 2 heterocycles. The number of esters is 1. The van der Waals surface area contributed by atoms with Gasteiger partial charge in [-0.3, -0.25) is 4.79 Å². The summed E-state index contributed by atoms with van der Waals surface area (Å²) in [5.41, 5.74) is 1.98. The summed E-state index contributed by atoms with van der Waals surface area (Å²) in [7, 11) is 0. The molecule has 5 nitrogen and oxygen atoms in total. The van der Waals surface area contributed by atoms with Crippen LogP contribution >= 0.6 is 0 Å². The Morgan fingerprint density at radius 3 is 2.68 bits per heavy atom. The van der Waals surface area contributed by atoms with E-state index in [1.165, 1.54) is 25.3 Å². The number of aliphatic hydroxyl groups excluding tert-OH is 1. The van der Waals surface area contributed by atoms with Crippen molar-refractivity contribution in [2.24, 2.45) is 46.3 Å². The smallest absolute Gasteiger partial charge is 0.302 e. The minimum atomic E-state index is -0.788. The molecule has 3 saturated carbocycles. The third-order valence-electron chi connectivity index (χ3n) is 11.6. The summed E-state index contributed by atoms with van der Waals surface area (Å²) in [6.07, 6.45) is 10.8. The van der Waals surface area contributed by atoms with Crippen LogP contribution in [0.25, 0.3) is 0 Å². The molecule has 6 rings (SSSR count). The second-order valence-corrected chi connectivity index (χ2v) is 13.4. The van der Waals surface area contributed by atoms with Crippen molar-refractivity contribution in [1.82, 2.24) is 0 Å². The van der Waals surface area contributed by atoms with Gasteiger partial charge < -0.3 is 19.3 Å². The summed E-state index contributed by atoms with van der Waals surface area (Å²) in [6.45, 7) is 11.7. The third-order valence-corrected chi connectivity index (χ3v) is 11.6. The van der Waals surface area contributed by atoms with Gasteiger partial charge in [-0.2, -0.15) is 0 Å². The molecule has 4 aliphatic carbocycles. The van der Waals surface area contributed by atoms with Gasteiger partial charge in [-0.05, 0) is 84.9 Å². The van der Waals surface area contributed by atoms with E-state index in [2.05, 4.69) is 33.8 Å². The Bertz CT molecular complexity index is 884. The highest BCUT2D eigenvalue weighted by Crippen LogP contribution is 2.69. The van der Waals surface area contributed by atoms with Gasteiger partial charge in [-0.1, -0.05) is 39.3 Å². The largest absolute Gasteiger partial charge is 0.462 e. The predicted octanol–water partition coefficient (Wildman–Crippen LogP) is 5.26. The minimum Gasteiger partial charge on any atom is -0.462 e. The lowest BCUT2D eigenvalue weighted by molar-refractivity contribution is -0.330. The summed E-state index contributed by atoms with van der Waals surface area (Å²) in [4.78, 5) is 11.5. The molecule has 0 unspecified atom stereocenters. The maximum absolute atomic E-state index is 11.5. The van der Waals surface area contributed by atoms with Crippen molar-refractivity contribution in [3.63, 3.8) is 0 Å². The SMILES string of the molecule is CC(=O)O[C@H]1CC[C@@]2(C)C(=CC[C@H]3[C@@H]4C[C@@H]5O[C@]6(C[C@@H](C)CO6)[C@@H](O)[C@@H](C)[C@@H]5[C@@]4(C)CC[C@@H]32)C1. The fourth-order valence-corrected chi connectivity index (χ4v) is 10.1. The van der Waals surface area contributed by atoms with E-state index in [0.717, 1.165) is 38.5 Å². The molecule has 0 bridgehead atoms. The average molecular weight is 473 g/mol. The van der Waals surface area contributed by atoms with Crippen LogP contribution in [0.15, 0.2) is 11.6 Å². The molecule has 0 aromatic rings. The number of allylic oxidation sites excluding steroid dienone is 1. The third kappa shape index (κ3) is 3.18. The van der Waals surface area contributed by atoms with Crippen molar-refractivity contribution >= 4 is 5.97 Å². The normalized spacial score (nSPS) is 56.2. The molecule has 5 fully saturated rings. The summed E-state index contributed by atoms with van der Waals surface area (Å²) >= 11 is 0. The molecule has 2 saturated heterocycles. The highest BCUT2D eigenvalue weighted by Gasteiger charge is 2.67.